The lowest BCUT2D eigenvalue weighted by molar-refractivity contribution is 0.253. The molecule has 14 heavy (non-hydrogen) atoms. The van der Waals surface area contributed by atoms with E-state index in [-0.39, 0.29) is 0 Å². The monoisotopic (exact) mass is 208 g/mol. The zero-order valence-corrected chi connectivity index (χ0v) is 8.51. The summed E-state index contributed by atoms with van der Waals surface area (Å²) in [6, 6.07) is 9.35. The third-order valence-corrected chi connectivity index (χ3v) is 2.05. The van der Waals surface area contributed by atoms with Crippen molar-refractivity contribution in [3.63, 3.8) is 0 Å². The summed E-state index contributed by atoms with van der Waals surface area (Å²) in [5, 5.41) is 2.38. The number of hydrogen-bond acceptors (Lipinski definition) is 2. The summed E-state index contributed by atoms with van der Waals surface area (Å²) >= 11 is 4.92. The van der Waals surface area contributed by atoms with Gasteiger partial charge in [-0.15, -0.1) is 0 Å². The summed E-state index contributed by atoms with van der Waals surface area (Å²) in [7, 11) is 0. The second-order valence-corrected chi connectivity index (χ2v) is 3.39. The predicted octanol–water partition coefficient (Wildman–Crippen LogP) is 1.61. The molecule has 0 aliphatic heterocycles. The Morgan fingerprint density at radius 2 is 2.00 bits per heavy atom. The number of amides is 2. The van der Waals surface area contributed by atoms with Crippen LogP contribution in [0.5, 0.6) is 0 Å². The van der Waals surface area contributed by atoms with Crippen molar-refractivity contribution in [2.45, 2.75) is 12.8 Å². The van der Waals surface area contributed by atoms with Crippen LogP contribution in [-0.2, 0) is 6.42 Å². The van der Waals surface area contributed by atoms with Gasteiger partial charge in [0.25, 0.3) is 0 Å². The lowest BCUT2D eigenvalue weighted by Gasteiger charge is -2.03. The minimum atomic E-state index is -0.594. The average Bonchev–Trinajstić information content (AvgIpc) is 2.15. The number of urea groups is 1. The zero-order chi connectivity index (χ0) is 10.4. The van der Waals surface area contributed by atoms with Crippen LogP contribution < -0.4 is 11.1 Å². The summed E-state index contributed by atoms with van der Waals surface area (Å²) in [4.78, 5) is 10.9. The third-order valence-electron chi connectivity index (χ3n) is 1.75. The Labute approximate surface area is 88.3 Å². The first-order chi connectivity index (χ1) is 6.68. The van der Waals surface area contributed by atoms with Gasteiger partial charge >= 0.3 is 6.03 Å². The minimum Gasteiger partial charge on any atom is -0.351 e. The Morgan fingerprint density at radius 1 is 1.36 bits per heavy atom. The molecule has 1 aromatic carbocycles. The molecule has 0 spiro atoms. The molecule has 0 aliphatic carbocycles. The van der Waals surface area contributed by atoms with Crippen LogP contribution >= 0.6 is 12.2 Å². The quantitative estimate of drug-likeness (QED) is 0.741. The number of nitrogens with one attached hydrogen (secondary N) is 1. The van der Waals surface area contributed by atoms with Gasteiger partial charge in [-0.3, -0.25) is 0 Å². The van der Waals surface area contributed by atoms with Gasteiger partial charge in [0.05, 0.1) is 4.99 Å². The van der Waals surface area contributed by atoms with E-state index in [1.165, 1.54) is 5.56 Å². The van der Waals surface area contributed by atoms with Crippen LogP contribution in [0, 0.1) is 0 Å². The number of carbonyl (C=O) groups is 1. The van der Waals surface area contributed by atoms with Gasteiger partial charge < -0.3 is 11.1 Å². The van der Waals surface area contributed by atoms with Crippen LogP contribution in [0.3, 0.4) is 0 Å². The predicted molar refractivity (Wildman–Crippen MR) is 60.1 cm³/mol. The molecule has 1 rings (SSSR count). The highest BCUT2D eigenvalue weighted by molar-refractivity contribution is 7.80. The van der Waals surface area contributed by atoms with Gasteiger partial charge in [-0.25, -0.2) is 4.79 Å². The molecule has 0 fully saturated rings. The second-order valence-electron chi connectivity index (χ2n) is 2.90. The van der Waals surface area contributed by atoms with Crippen LogP contribution in [0.1, 0.15) is 12.0 Å². The highest BCUT2D eigenvalue weighted by Crippen LogP contribution is 2.02. The van der Waals surface area contributed by atoms with Crippen LogP contribution in [0.2, 0.25) is 0 Å². The fourth-order valence-corrected chi connectivity index (χ4v) is 1.31. The summed E-state index contributed by atoms with van der Waals surface area (Å²) in [6.45, 7) is 0. The molecule has 74 valence electrons. The van der Waals surface area contributed by atoms with Gasteiger partial charge in [-0.1, -0.05) is 42.5 Å². The van der Waals surface area contributed by atoms with Crippen LogP contribution in [-0.4, -0.2) is 11.0 Å². The number of hydrogen-bond donors (Lipinski definition) is 2. The number of thiocarbonyl (C=S) groups is 1. The van der Waals surface area contributed by atoms with Crippen molar-refractivity contribution in [2.75, 3.05) is 0 Å². The Hall–Kier alpha value is -1.42. The Bertz CT molecular complexity index is 324. The van der Waals surface area contributed by atoms with Gasteiger partial charge in [-0.2, -0.15) is 0 Å². The largest absolute Gasteiger partial charge is 0.351 e. The van der Waals surface area contributed by atoms with Crippen molar-refractivity contribution in [1.82, 2.24) is 5.32 Å². The van der Waals surface area contributed by atoms with E-state index >= 15 is 0 Å². The Morgan fingerprint density at radius 3 is 2.57 bits per heavy atom. The second kappa shape index (κ2) is 5.34. The molecule has 4 heteroatoms. The fourth-order valence-electron chi connectivity index (χ4n) is 1.10. The molecular formula is C10H12N2OS. The normalized spacial score (nSPS) is 9.43. The van der Waals surface area contributed by atoms with E-state index in [9.17, 15) is 4.79 Å². The SMILES string of the molecule is NC(=O)NC(=S)CCc1ccccc1. The summed E-state index contributed by atoms with van der Waals surface area (Å²) < 4.78 is 0. The van der Waals surface area contributed by atoms with E-state index in [4.69, 9.17) is 18.0 Å². The molecule has 3 nitrogen and oxygen atoms in total. The van der Waals surface area contributed by atoms with Crippen LogP contribution in [0.15, 0.2) is 30.3 Å². The highest BCUT2D eigenvalue weighted by atomic mass is 32.1. The average molecular weight is 208 g/mol. The standard InChI is InChI=1S/C10H12N2OS/c11-10(13)12-9(14)7-6-8-4-2-1-3-5-8/h1-5H,6-7H2,(H3,11,12,13,14). The molecule has 0 unspecified atom stereocenters. The lowest BCUT2D eigenvalue weighted by Crippen LogP contribution is -2.33. The van der Waals surface area contributed by atoms with E-state index in [1.54, 1.807) is 0 Å². The molecule has 0 aliphatic rings. The zero-order valence-electron chi connectivity index (χ0n) is 7.69. The lowest BCUT2D eigenvalue weighted by atomic mass is 10.1. The smallest absolute Gasteiger partial charge is 0.317 e. The van der Waals surface area contributed by atoms with Crippen molar-refractivity contribution in [2.24, 2.45) is 5.73 Å². The molecule has 1 aromatic rings. The van der Waals surface area contributed by atoms with E-state index in [0.29, 0.717) is 11.4 Å². The first-order valence-corrected chi connectivity index (χ1v) is 4.72. The van der Waals surface area contributed by atoms with E-state index in [1.807, 2.05) is 30.3 Å². The number of carbonyl (C=O) groups excluding carboxylic acids is 1. The maximum absolute atomic E-state index is 10.4. The molecule has 0 radical (unpaired) electrons. The summed E-state index contributed by atoms with van der Waals surface area (Å²) in [5.41, 5.74) is 6.12. The molecule has 0 atom stereocenters. The number of nitrogens with two attached hydrogens (primary N) is 1. The fraction of sp³-hybridized carbons (Fsp3) is 0.200. The van der Waals surface area contributed by atoms with Gasteiger partial charge in [0.1, 0.15) is 0 Å². The van der Waals surface area contributed by atoms with Crippen LogP contribution in [0.25, 0.3) is 0 Å². The Balaban J connectivity index is 2.34. The van der Waals surface area contributed by atoms with Gasteiger partial charge in [-0.05, 0) is 12.0 Å². The Kier molecular flexibility index (Phi) is 4.07. The maximum Gasteiger partial charge on any atom is 0.317 e. The van der Waals surface area contributed by atoms with E-state index < -0.39 is 6.03 Å². The molecule has 0 saturated heterocycles. The van der Waals surface area contributed by atoms with Gasteiger partial charge in [0, 0.05) is 6.42 Å². The topological polar surface area (TPSA) is 55.1 Å². The molecule has 0 saturated carbocycles. The van der Waals surface area contributed by atoms with Gasteiger partial charge in [0.15, 0.2) is 0 Å². The summed E-state index contributed by atoms with van der Waals surface area (Å²) in [6.07, 6.45) is 1.46. The number of aryl methyl sites for hydroxylation is 1. The molecule has 0 aromatic heterocycles. The number of primary amides is 1. The summed E-state index contributed by atoms with van der Waals surface area (Å²) in [5.74, 6) is 0. The highest BCUT2D eigenvalue weighted by Gasteiger charge is 1.99. The van der Waals surface area contributed by atoms with Crippen molar-refractivity contribution >= 4 is 23.2 Å². The van der Waals surface area contributed by atoms with Crippen molar-refractivity contribution in [3.8, 4) is 0 Å². The van der Waals surface area contributed by atoms with Crippen molar-refractivity contribution in [3.05, 3.63) is 35.9 Å². The minimum absolute atomic E-state index is 0.487. The maximum atomic E-state index is 10.4. The number of rotatable bonds is 3. The van der Waals surface area contributed by atoms with E-state index in [2.05, 4.69) is 5.32 Å². The van der Waals surface area contributed by atoms with Crippen molar-refractivity contribution < 1.29 is 4.79 Å². The first-order valence-electron chi connectivity index (χ1n) is 4.31. The molecular weight excluding hydrogens is 196 g/mol. The molecule has 2 amide bonds. The van der Waals surface area contributed by atoms with Crippen LogP contribution in [0.4, 0.5) is 4.79 Å². The van der Waals surface area contributed by atoms with Crippen molar-refractivity contribution in [1.29, 1.82) is 0 Å². The van der Waals surface area contributed by atoms with Gasteiger partial charge in [0.2, 0.25) is 0 Å². The molecule has 0 heterocycles. The number of benzene rings is 1. The van der Waals surface area contributed by atoms with E-state index in [0.717, 1.165) is 6.42 Å². The molecule has 3 N–H and O–H groups in total. The third kappa shape index (κ3) is 4.00. The first kappa shape index (κ1) is 10.7. The molecule has 0 bridgehead atoms.